The van der Waals surface area contributed by atoms with Crippen LogP contribution in [0.2, 0.25) is 0 Å². The van der Waals surface area contributed by atoms with Crippen molar-refractivity contribution in [2.24, 2.45) is 5.92 Å². The van der Waals surface area contributed by atoms with Crippen LogP contribution in [0.4, 0.5) is 10.1 Å². The largest absolute Gasteiger partial charge is 0.480 e. The lowest BCUT2D eigenvalue weighted by Crippen LogP contribution is -2.35. The molecule has 0 fully saturated rings. The Kier molecular flexibility index (Phi) is 7.26. The monoisotopic (exact) mass is 386 g/mol. The first-order valence-corrected chi connectivity index (χ1v) is 8.90. The molecule has 0 unspecified atom stereocenters. The fourth-order valence-electron chi connectivity index (χ4n) is 2.67. The average Bonchev–Trinajstić information content (AvgIpc) is 2.62. The highest BCUT2D eigenvalue weighted by molar-refractivity contribution is 5.97. The molecule has 28 heavy (non-hydrogen) atoms. The second kappa shape index (κ2) is 9.64. The van der Waals surface area contributed by atoms with Crippen LogP contribution in [0.5, 0.6) is 0 Å². The Hall–Kier alpha value is -3.22. The van der Waals surface area contributed by atoms with Crippen LogP contribution in [0.3, 0.4) is 0 Å². The summed E-state index contributed by atoms with van der Waals surface area (Å²) in [5, 5.41) is 11.6. The van der Waals surface area contributed by atoms with E-state index in [0.29, 0.717) is 0 Å². The van der Waals surface area contributed by atoms with Gasteiger partial charge in [0, 0.05) is 18.5 Å². The minimum Gasteiger partial charge on any atom is -0.480 e. The number of aliphatic carboxylic acids is 1. The normalized spacial score (nSPS) is 10.6. The van der Waals surface area contributed by atoms with Gasteiger partial charge in [-0.3, -0.25) is 14.4 Å². The molecule has 0 saturated carbocycles. The number of carboxylic acids is 1. The minimum absolute atomic E-state index is 0.0107. The van der Waals surface area contributed by atoms with Gasteiger partial charge in [-0.1, -0.05) is 44.2 Å². The van der Waals surface area contributed by atoms with Crippen LogP contribution < -0.4 is 5.32 Å². The SMILES string of the molecule is CC(C)CC(=O)Nc1ccc(C(=O)N(CC(=O)O)Cc2ccccc2)cc1F. The third kappa shape index (κ3) is 6.19. The smallest absolute Gasteiger partial charge is 0.323 e. The second-order valence-corrected chi connectivity index (χ2v) is 6.88. The number of carboxylic acid groups (broad SMARTS) is 1. The van der Waals surface area contributed by atoms with E-state index in [1.54, 1.807) is 24.3 Å². The van der Waals surface area contributed by atoms with Gasteiger partial charge in [-0.05, 0) is 29.7 Å². The predicted octanol–water partition coefficient (Wildman–Crippen LogP) is 3.54. The summed E-state index contributed by atoms with van der Waals surface area (Å²) in [6.07, 6.45) is 0.254. The molecule has 0 aliphatic heterocycles. The summed E-state index contributed by atoms with van der Waals surface area (Å²) in [6, 6.07) is 12.6. The molecule has 2 aromatic rings. The van der Waals surface area contributed by atoms with E-state index in [1.807, 2.05) is 19.9 Å². The van der Waals surface area contributed by atoms with Gasteiger partial charge in [0.1, 0.15) is 12.4 Å². The third-order valence-corrected chi connectivity index (χ3v) is 3.91. The number of anilines is 1. The van der Waals surface area contributed by atoms with Crippen molar-refractivity contribution in [2.45, 2.75) is 26.8 Å². The van der Waals surface area contributed by atoms with Gasteiger partial charge in [0.2, 0.25) is 5.91 Å². The van der Waals surface area contributed by atoms with Gasteiger partial charge in [-0.15, -0.1) is 0 Å². The van der Waals surface area contributed by atoms with Crippen LogP contribution >= 0.6 is 0 Å². The van der Waals surface area contributed by atoms with E-state index in [-0.39, 0.29) is 36.0 Å². The molecule has 6 nitrogen and oxygen atoms in total. The number of nitrogens with one attached hydrogen (secondary N) is 1. The maximum atomic E-state index is 14.4. The van der Waals surface area contributed by atoms with E-state index in [0.717, 1.165) is 16.5 Å². The van der Waals surface area contributed by atoms with Crippen molar-refractivity contribution in [3.8, 4) is 0 Å². The molecule has 0 saturated heterocycles. The van der Waals surface area contributed by atoms with Gasteiger partial charge >= 0.3 is 5.97 Å². The molecule has 2 rings (SSSR count). The van der Waals surface area contributed by atoms with E-state index >= 15 is 0 Å². The van der Waals surface area contributed by atoms with Crippen molar-refractivity contribution in [1.82, 2.24) is 4.90 Å². The number of nitrogens with zero attached hydrogens (tertiary/aromatic N) is 1. The zero-order valence-electron chi connectivity index (χ0n) is 15.8. The van der Waals surface area contributed by atoms with Gasteiger partial charge in [-0.2, -0.15) is 0 Å². The molecule has 0 bridgehead atoms. The molecule has 148 valence electrons. The Labute approximate surface area is 163 Å². The quantitative estimate of drug-likeness (QED) is 0.727. The van der Waals surface area contributed by atoms with E-state index in [4.69, 9.17) is 5.11 Å². The summed E-state index contributed by atoms with van der Waals surface area (Å²) in [4.78, 5) is 36.8. The lowest BCUT2D eigenvalue weighted by molar-refractivity contribution is -0.137. The molecule has 0 aliphatic rings. The molecular weight excluding hydrogens is 363 g/mol. The number of halogens is 1. The van der Waals surface area contributed by atoms with Gasteiger partial charge in [0.25, 0.3) is 5.91 Å². The average molecular weight is 386 g/mol. The van der Waals surface area contributed by atoms with Gasteiger partial charge in [0.15, 0.2) is 0 Å². The minimum atomic E-state index is -1.16. The Morgan fingerprint density at radius 1 is 1.11 bits per heavy atom. The summed E-state index contributed by atoms with van der Waals surface area (Å²) in [5.74, 6) is -2.71. The molecule has 2 N–H and O–H groups in total. The fraction of sp³-hybridized carbons (Fsp3) is 0.286. The first kappa shape index (κ1) is 21.1. The molecule has 2 amide bonds. The van der Waals surface area contributed by atoms with Crippen molar-refractivity contribution < 1.29 is 23.9 Å². The summed E-state index contributed by atoms with van der Waals surface area (Å²) in [6.45, 7) is 3.33. The number of amides is 2. The number of rotatable bonds is 8. The zero-order chi connectivity index (χ0) is 20.7. The Morgan fingerprint density at radius 2 is 1.79 bits per heavy atom. The topological polar surface area (TPSA) is 86.7 Å². The highest BCUT2D eigenvalue weighted by Gasteiger charge is 2.20. The standard InChI is InChI=1S/C21H23FN2O4/c1-14(2)10-19(25)23-18-9-8-16(11-17(18)22)21(28)24(13-20(26)27)12-15-6-4-3-5-7-15/h3-9,11,14H,10,12-13H2,1-2H3,(H,23,25)(H,26,27). The van der Waals surface area contributed by atoms with Crippen LogP contribution in [0.15, 0.2) is 48.5 Å². The fourth-order valence-corrected chi connectivity index (χ4v) is 2.67. The Balaban J connectivity index is 2.18. The van der Waals surface area contributed by atoms with Gasteiger partial charge in [0.05, 0.1) is 5.69 Å². The zero-order valence-corrected chi connectivity index (χ0v) is 15.8. The highest BCUT2D eigenvalue weighted by atomic mass is 19.1. The summed E-state index contributed by atoms with van der Waals surface area (Å²) >= 11 is 0. The molecule has 2 aromatic carbocycles. The van der Waals surface area contributed by atoms with Crippen molar-refractivity contribution in [1.29, 1.82) is 0 Å². The van der Waals surface area contributed by atoms with E-state index < -0.39 is 24.2 Å². The van der Waals surface area contributed by atoms with E-state index in [1.165, 1.54) is 12.1 Å². The first-order chi connectivity index (χ1) is 13.3. The van der Waals surface area contributed by atoms with Crippen LogP contribution in [0.25, 0.3) is 0 Å². The van der Waals surface area contributed by atoms with Crippen molar-refractivity contribution in [3.63, 3.8) is 0 Å². The van der Waals surface area contributed by atoms with Crippen molar-refractivity contribution in [3.05, 3.63) is 65.5 Å². The van der Waals surface area contributed by atoms with Crippen molar-refractivity contribution >= 4 is 23.5 Å². The third-order valence-electron chi connectivity index (χ3n) is 3.91. The van der Waals surface area contributed by atoms with Gasteiger partial charge in [-0.25, -0.2) is 4.39 Å². The molecule has 0 aliphatic carbocycles. The molecule has 7 heteroatoms. The van der Waals surface area contributed by atoms with E-state index in [2.05, 4.69) is 5.32 Å². The maximum Gasteiger partial charge on any atom is 0.323 e. The maximum absolute atomic E-state index is 14.4. The molecule has 0 heterocycles. The molecule has 0 spiro atoms. The number of carbonyl (C=O) groups excluding carboxylic acids is 2. The van der Waals surface area contributed by atoms with Crippen molar-refractivity contribution in [2.75, 3.05) is 11.9 Å². The molecule has 0 atom stereocenters. The Bertz CT molecular complexity index is 853. The summed E-state index contributed by atoms with van der Waals surface area (Å²) in [5.41, 5.74) is 0.752. The summed E-state index contributed by atoms with van der Waals surface area (Å²) in [7, 11) is 0. The van der Waals surface area contributed by atoms with Crippen LogP contribution in [-0.4, -0.2) is 34.3 Å². The first-order valence-electron chi connectivity index (χ1n) is 8.90. The van der Waals surface area contributed by atoms with E-state index in [9.17, 15) is 18.8 Å². The number of carbonyl (C=O) groups is 3. The number of hydrogen-bond acceptors (Lipinski definition) is 3. The van der Waals surface area contributed by atoms with Crippen LogP contribution in [0.1, 0.15) is 36.2 Å². The number of hydrogen-bond donors (Lipinski definition) is 2. The molecule has 0 radical (unpaired) electrons. The van der Waals surface area contributed by atoms with Gasteiger partial charge < -0.3 is 15.3 Å². The predicted molar refractivity (Wildman–Crippen MR) is 103 cm³/mol. The molecule has 0 aromatic heterocycles. The molecular formula is C21H23FN2O4. The van der Waals surface area contributed by atoms with Crippen LogP contribution in [-0.2, 0) is 16.1 Å². The summed E-state index contributed by atoms with van der Waals surface area (Å²) < 4.78 is 14.4. The van der Waals surface area contributed by atoms with Crippen LogP contribution in [0, 0.1) is 11.7 Å². The lowest BCUT2D eigenvalue weighted by atomic mass is 10.1. The lowest BCUT2D eigenvalue weighted by Gasteiger charge is -2.21. The Morgan fingerprint density at radius 3 is 2.36 bits per heavy atom. The highest BCUT2D eigenvalue weighted by Crippen LogP contribution is 2.19. The number of benzene rings is 2. The second-order valence-electron chi connectivity index (χ2n) is 6.88.